The van der Waals surface area contributed by atoms with E-state index in [1.807, 2.05) is 18.2 Å². The Morgan fingerprint density at radius 2 is 2.10 bits per heavy atom. The van der Waals surface area contributed by atoms with Gasteiger partial charge in [0.2, 0.25) is 0 Å². The quantitative estimate of drug-likeness (QED) is 0.684. The molecule has 0 aliphatic heterocycles. The molecule has 1 heterocycles. The van der Waals surface area contributed by atoms with E-state index in [-0.39, 0.29) is 10.8 Å². The Morgan fingerprint density at radius 1 is 1.33 bits per heavy atom. The Hall–Kier alpha value is -1.92. The van der Waals surface area contributed by atoms with E-state index in [4.69, 9.17) is 4.74 Å². The molecule has 21 heavy (non-hydrogen) atoms. The van der Waals surface area contributed by atoms with Crippen LogP contribution in [0.15, 0.2) is 24.3 Å². The summed E-state index contributed by atoms with van der Waals surface area (Å²) in [4.78, 5) is 11.1. The predicted octanol–water partition coefficient (Wildman–Crippen LogP) is 3.99. The van der Waals surface area contributed by atoms with E-state index in [9.17, 15) is 15.2 Å². The van der Waals surface area contributed by atoms with Gasteiger partial charge in [0.05, 0.1) is 11.0 Å². The van der Waals surface area contributed by atoms with Crippen molar-refractivity contribution in [3.63, 3.8) is 0 Å². The smallest absolute Gasteiger partial charge is 0.323 e. The van der Waals surface area contributed by atoms with Crippen LogP contribution in [0.4, 0.5) is 5.69 Å². The molecule has 0 amide bonds. The maximum atomic E-state index is 11.1. The Morgan fingerprint density at radius 3 is 2.81 bits per heavy atom. The molecular formula is C15H15NO4S. The van der Waals surface area contributed by atoms with E-state index in [2.05, 4.69) is 0 Å². The van der Waals surface area contributed by atoms with Crippen molar-refractivity contribution in [2.24, 2.45) is 0 Å². The first-order valence-corrected chi connectivity index (χ1v) is 7.62. The molecule has 0 saturated heterocycles. The number of ether oxygens (including phenoxy) is 1. The first-order valence-electron chi connectivity index (χ1n) is 6.80. The highest BCUT2D eigenvalue weighted by Crippen LogP contribution is 2.42. The summed E-state index contributed by atoms with van der Waals surface area (Å²) in [6.07, 6.45) is 2.51. The number of nitrogens with zero attached hydrogens (tertiary/aromatic N) is 1. The molecule has 1 aromatic carbocycles. The molecule has 110 valence electrons. The largest absolute Gasteiger partial charge is 0.440 e. The van der Waals surface area contributed by atoms with E-state index >= 15 is 0 Å². The van der Waals surface area contributed by atoms with Crippen molar-refractivity contribution in [1.82, 2.24) is 0 Å². The van der Waals surface area contributed by atoms with Crippen LogP contribution in [0.25, 0.3) is 0 Å². The molecule has 0 bridgehead atoms. The number of aliphatic hydroxyl groups is 1. The summed E-state index contributed by atoms with van der Waals surface area (Å²) in [6, 6.07) is 7.19. The lowest BCUT2D eigenvalue weighted by molar-refractivity contribution is -0.385. The second-order valence-corrected chi connectivity index (χ2v) is 6.19. The number of aliphatic hydroxyl groups excluding tert-OH is 1. The Balaban J connectivity index is 1.92. The topological polar surface area (TPSA) is 72.6 Å². The van der Waals surface area contributed by atoms with Crippen LogP contribution in [0.5, 0.6) is 10.8 Å². The Labute approximate surface area is 126 Å². The Bertz CT molecular complexity index is 693. The average molecular weight is 305 g/mol. The lowest BCUT2D eigenvalue weighted by Crippen LogP contribution is -1.90. The number of fused-ring (bicyclic) bond motifs is 1. The number of hydrogen-bond donors (Lipinski definition) is 1. The van der Waals surface area contributed by atoms with E-state index in [0.717, 1.165) is 30.6 Å². The molecule has 0 spiro atoms. The van der Waals surface area contributed by atoms with Crippen molar-refractivity contribution < 1.29 is 14.8 Å². The summed E-state index contributed by atoms with van der Waals surface area (Å²) in [5.41, 5.74) is 2.48. The normalized spacial score (nSPS) is 14.8. The molecule has 3 rings (SSSR count). The highest BCUT2D eigenvalue weighted by atomic mass is 32.1. The summed E-state index contributed by atoms with van der Waals surface area (Å²) in [5, 5.41) is 20.9. The van der Waals surface area contributed by atoms with Crippen molar-refractivity contribution >= 4 is 17.0 Å². The fourth-order valence-corrected chi connectivity index (χ4v) is 3.44. The van der Waals surface area contributed by atoms with Crippen molar-refractivity contribution in [3.8, 4) is 10.8 Å². The van der Waals surface area contributed by atoms with Crippen LogP contribution < -0.4 is 4.74 Å². The average Bonchev–Trinajstić information content (AvgIpc) is 3.04. The monoisotopic (exact) mass is 305 g/mol. The van der Waals surface area contributed by atoms with Crippen LogP contribution in [-0.2, 0) is 12.8 Å². The number of hydrogen-bond acceptors (Lipinski definition) is 5. The van der Waals surface area contributed by atoms with Gasteiger partial charge < -0.3 is 9.84 Å². The molecule has 6 heteroatoms. The van der Waals surface area contributed by atoms with Crippen LogP contribution in [0.1, 0.15) is 35.5 Å². The van der Waals surface area contributed by atoms with Gasteiger partial charge in [0.25, 0.3) is 5.06 Å². The lowest BCUT2D eigenvalue weighted by atomic mass is 10.1. The van der Waals surface area contributed by atoms with Crippen molar-refractivity contribution in [2.75, 3.05) is 0 Å². The maximum Gasteiger partial charge on any atom is 0.323 e. The third kappa shape index (κ3) is 2.77. The molecule has 1 aliphatic carbocycles. The van der Waals surface area contributed by atoms with E-state index in [1.165, 1.54) is 17.2 Å². The zero-order valence-electron chi connectivity index (χ0n) is 11.5. The molecule has 0 fully saturated rings. The van der Waals surface area contributed by atoms with Gasteiger partial charge in [-0.05, 0) is 49.4 Å². The summed E-state index contributed by atoms with van der Waals surface area (Å²) < 4.78 is 5.69. The zero-order chi connectivity index (χ0) is 15.0. The number of aryl methyl sites for hydroxylation is 2. The van der Waals surface area contributed by atoms with Crippen LogP contribution in [0.2, 0.25) is 0 Å². The third-order valence-electron chi connectivity index (χ3n) is 3.59. The van der Waals surface area contributed by atoms with Gasteiger partial charge in [0.15, 0.2) is 0 Å². The number of benzene rings is 1. The van der Waals surface area contributed by atoms with Crippen molar-refractivity contribution in [2.45, 2.75) is 32.3 Å². The van der Waals surface area contributed by atoms with Gasteiger partial charge in [-0.15, -0.1) is 0 Å². The summed E-state index contributed by atoms with van der Waals surface area (Å²) in [7, 11) is 0. The SMILES string of the molecule is C[C@@H](O)c1cc([N+](=O)[O-])c(Oc2ccc3c(c2)CCC3)s1. The van der Waals surface area contributed by atoms with E-state index in [0.29, 0.717) is 10.6 Å². The molecule has 1 aliphatic rings. The number of nitro groups is 1. The molecule has 1 aromatic heterocycles. The predicted molar refractivity (Wildman–Crippen MR) is 80.1 cm³/mol. The van der Waals surface area contributed by atoms with E-state index < -0.39 is 11.0 Å². The van der Waals surface area contributed by atoms with Gasteiger partial charge in [0, 0.05) is 10.9 Å². The van der Waals surface area contributed by atoms with Crippen molar-refractivity contribution in [3.05, 3.63) is 50.4 Å². The van der Waals surface area contributed by atoms with Crippen molar-refractivity contribution in [1.29, 1.82) is 0 Å². The molecule has 0 saturated carbocycles. The standard InChI is InChI=1S/C15H15NO4S/c1-9(17)14-8-13(16(18)19)15(21-14)20-12-6-5-10-3-2-4-11(10)7-12/h5-9,17H,2-4H2,1H3/t9-/m1/s1. The lowest BCUT2D eigenvalue weighted by Gasteiger charge is -2.05. The van der Waals surface area contributed by atoms with Gasteiger partial charge in [-0.25, -0.2) is 0 Å². The highest BCUT2D eigenvalue weighted by molar-refractivity contribution is 7.14. The minimum Gasteiger partial charge on any atom is -0.440 e. The van der Waals surface area contributed by atoms with Crippen LogP contribution in [0, 0.1) is 10.1 Å². The van der Waals surface area contributed by atoms with Gasteiger partial charge >= 0.3 is 5.69 Å². The highest BCUT2D eigenvalue weighted by Gasteiger charge is 2.23. The molecular weight excluding hydrogens is 290 g/mol. The number of thiophene rings is 1. The molecule has 1 N–H and O–H groups in total. The van der Waals surface area contributed by atoms with E-state index in [1.54, 1.807) is 6.92 Å². The second-order valence-electron chi connectivity index (χ2n) is 5.14. The Kier molecular flexibility index (Phi) is 3.65. The molecule has 5 nitrogen and oxygen atoms in total. The second kappa shape index (κ2) is 5.46. The van der Waals surface area contributed by atoms with Crippen LogP contribution in [0.3, 0.4) is 0 Å². The fraction of sp³-hybridized carbons (Fsp3) is 0.333. The van der Waals surface area contributed by atoms with Gasteiger partial charge in [-0.3, -0.25) is 10.1 Å². The first kappa shape index (κ1) is 14.0. The maximum absolute atomic E-state index is 11.1. The molecule has 0 radical (unpaired) electrons. The minimum absolute atomic E-state index is 0.101. The molecule has 1 atom stereocenters. The first-order chi connectivity index (χ1) is 10.0. The number of rotatable bonds is 4. The molecule has 2 aromatic rings. The summed E-state index contributed by atoms with van der Waals surface area (Å²) in [5.74, 6) is 0.609. The zero-order valence-corrected chi connectivity index (χ0v) is 12.4. The van der Waals surface area contributed by atoms with Gasteiger partial charge in [-0.1, -0.05) is 17.4 Å². The van der Waals surface area contributed by atoms with Crippen LogP contribution in [-0.4, -0.2) is 10.0 Å². The summed E-state index contributed by atoms with van der Waals surface area (Å²) in [6.45, 7) is 1.58. The molecule has 0 unspecified atom stereocenters. The van der Waals surface area contributed by atoms with Crippen LogP contribution >= 0.6 is 11.3 Å². The third-order valence-corrected chi connectivity index (χ3v) is 4.76. The van der Waals surface area contributed by atoms with Gasteiger partial charge in [-0.2, -0.15) is 0 Å². The summed E-state index contributed by atoms with van der Waals surface area (Å²) >= 11 is 1.11. The van der Waals surface area contributed by atoms with Gasteiger partial charge in [0.1, 0.15) is 5.75 Å². The minimum atomic E-state index is -0.744. The fourth-order valence-electron chi connectivity index (χ4n) is 2.51.